The zero-order valence-electron chi connectivity index (χ0n) is 12.0. The first-order chi connectivity index (χ1) is 10.2. The van der Waals surface area contributed by atoms with E-state index in [2.05, 4.69) is 10.1 Å². The average molecular weight is 292 g/mol. The number of esters is 1. The first-order valence-corrected chi connectivity index (χ1v) is 6.91. The molecule has 1 unspecified atom stereocenters. The van der Waals surface area contributed by atoms with Crippen molar-refractivity contribution < 1.29 is 18.4 Å². The molecule has 112 valence electrons. The fourth-order valence-electron chi connectivity index (χ4n) is 2.00. The van der Waals surface area contributed by atoms with Crippen LogP contribution in [0.4, 0.5) is 4.39 Å². The third kappa shape index (κ3) is 3.65. The minimum absolute atomic E-state index is 0.203. The van der Waals surface area contributed by atoms with E-state index in [0.29, 0.717) is 18.6 Å². The highest BCUT2D eigenvalue weighted by atomic mass is 19.1. The van der Waals surface area contributed by atoms with Gasteiger partial charge in [0.05, 0.1) is 6.61 Å². The number of nitrogens with zero attached hydrogens (tertiary/aromatic N) is 2. The summed E-state index contributed by atoms with van der Waals surface area (Å²) in [4.78, 5) is 16.1. The summed E-state index contributed by atoms with van der Waals surface area (Å²) in [6.07, 6.45) is 1.34. The highest BCUT2D eigenvalue weighted by Gasteiger charge is 2.27. The lowest BCUT2D eigenvalue weighted by molar-refractivity contribution is -0.145. The number of ether oxygens (including phenoxy) is 1. The first-order valence-electron chi connectivity index (χ1n) is 6.91. The highest BCUT2D eigenvalue weighted by molar-refractivity contribution is 5.76. The number of rotatable bonds is 6. The number of hydrogen-bond acceptors (Lipinski definition) is 5. The molecule has 0 saturated carbocycles. The molecule has 2 aromatic rings. The zero-order chi connectivity index (χ0) is 15.2. The normalized spacial score (nSPS) is 12.1. The molecule has 2 rings (SSSR count). The second-order valence-electron chi connectivity index (χ2n) is 4.56. The Morgan fingerprint density at radius 1 is 1.43 bits per heavy atom. The Hall–Kier alpha value is -2.24. The van der Waals surface area contributed by atoms with E-state index >= 15 is 0 Å². The number of aromatic nitrogens is 2. The van der Waals surface area contributed by atoms with Gasteiger partial charge in [0.25, 0.3) is 0 Å². The number of carbonyl (C=O) groups is 1. The van der Waals surface area contributed by atoms with Crippen LogP contribution >= 0.6 is 0 Å². The van der Waals surface area contributed by atoms with Gasteiger partial charge in [-0.3, -0.25) is 4.79 Å². The van der Waals surface area contributed by atoms with Gasteiger partial charge in [-0.05, 0) is 25.5 Å². The van der Waals surface area contributed by atoms with E-state index in [1.165, 1.54) is 12.1 Å². The van der Waals surface area contributed by atoms with Crippen LogP contribution in [0, 0.1) is 5.82 Å². The van der Waals surface area contributed by atoms with Crippen molar-refractivity contribution in [1.29, 1.82) is 0 Å². The SMILES string of the molecule is CCCC(C(=O)OCC)c1nc(-c2cccc(F)c2)no1. The summed E-state index contributed by atoms with van der Waals surface area (Å²) < 4.78 is 23.4. The summed E-state index contributed by atoms with van der Waals surface area (Å²) in [6.45, 7) is 3.99. The number of hydrogen-bond donors (Lipinski definition) is 0. The molecule has 21 heavy (non-hydrogen) atoms. The molecule has 0 saturated heterocycles. The van der Waals surface area contributed by atoms with Gasteiger partial charge in [-0.2, -0.15) is 4.98 Å². The van der Waals surface area contributed by atoms with E-state index in [1.54, 1.807) is 19.1 Å². The predicted molar refractivity (Wildman–Crippen MR) is 74.0 cm³/mol. The molecule has 0 spiro atoms. The monoisotopic (exact) mass is 292 g/mol. The van der Waals surface area contributed by atoms with Crippen molar-refractivity contribution in [2.24, 2.45) is 0 Å². The molecular weight excluding hydrogens is 275 g/mol. The van der Waals surface area contributed by atoms with Crippen molar-refractivity contribution in [3.63, 3.8) is 0 Å². The van der Waals surface area contributed by atoms with Crippen LogP contribution in [0.15, 0.2) is 28.8 Å². The lowest BCUT2D eigenvalue weighted by Gasteiger charge is -2.09. The third-order valence-corrected chi connectivity index (χ3v) is 2.97. The molecule has 0 aliphatic heterocycles. The topological polar surface area (TPSA) is 65.2 Å². The summed E-state index contributed by atoms with van der Waals surface area (Å²) in [5.41, 5.74) is 0.504. The maximum atomic E-state index is 13.2. The summed E-state index contributed by atoms with van der Waals surface area (Å²) in [6, 6.07) is 5.89. The zero-order valence-corrected chi connectivity index (χ0v) is 12.0. The summed E-state index contributed by atoms with van der Waals surface area (Å²) in [5, 5.41) is 3.81. The Labute approximate surface area is 122 Å². The summed E-state index contributed by atoms with van der Waals surface area (Å²) in [5.74, 6) is -0.877. The van der Waals surface area contributed by atoms with Crippen LogP contribution in [0.5, 0.6) is 0 Å². The molecule has 1 heterocycles. The molecular formula is C15H17FN2O3. The van der Waals surface area contributed by atoms with Gasteiger partial charge in [-0.1, -0.05) is 30.6 Å². The van der Waals surface area contributed by atoms with Gasteiger partial charge in [0.2, 0.25) is 11.7 Å². The largest absolute Gasteiger partial charge is 0.465 e. The summed E-state index contributed by atoms with van der Waals surface area (Å²) >= 11 is 0. The van der Waals surface area contributed by atoms with Crippen LogP contribution in [-0.2, 0) is 9.53 Å². The number of halogens is 1. The molecule has 0 bridgehead atoms. The van der Waals surface area contributed by atoms with E-state index in [4.69, 9.17) is 9.26 Å². The van der Waals surface area contributed by atoms with Crippen molar-refractivity contribution in [3.8, 4) is 11.4 Å². The lowest BCUT2D eigenvalue weighted by atomic mass is 10.0. The molecule has 0 N–H and O–H groups in total. The fourth-order valence-corrected chi connectivity index (χ4v) is 2.00. The standard InChI is InChI=1S/C15H17FN2O3/c1-3-6-12(15(19)20-4-2)14-17-13(18-21-14)10-7-5-8-11(16)9-10/h5,7-9,12H,3-4,6H2,1-2H3. The van der Waals surface area contributed by atoms with E-state index in [0.717, 1.165) is 6.42 Å². The molecule has 1 atom stereocenters. The Balaban J connectivity index is 2.26. The fraction of sp³-hybridized carbons (Fsp3) is 0.400. The molecule has 5 nitrogen and oxygen atoms in total. The predicted octanol–water partition coefficient (Wildman–Crippen LogP) is 3.32. The minimum atomic E-state index is -0.579. The third-order valence-electron chi connectivity index (χ3n) is 2.97. The number of benzene rings is 1. The van der Waals surface area contributed by atoms with Gasteiger partial charge in [0.15, 0.2) is 0 Å². The Morgan fingerprint density at radius 2 is 2.24 bits per heavy atom. The Bertz CT molecular complexity index is 612. The van der Waals surface area contributed by atoms with Crippen molar-refractivity contribution in [3.05, 3.63) is 36.0 Å². The Morgan fingerprint density at radius 3 is 2.90 bits per heavy atom. The van der Waals surface area contributed by atoms with Crippen molar-refractivity contribution in [2.75, 3.05) is 6.61 Å². The molecule has 1 aromatic carbocycles. The van der Waals surface area contributed by atoms with Crippen molar-refractivity contribution in [2.45, 2.75) is 32.6 Å². The molecule has 0 amide bonds. The Kier molecular flexibility index (Phi) is 5.03. The minimum Gasteiger partial charge on any atom is -0.465 e. The van der Waals surface area contributed by atoms with Gasteiger partial charge in [-0.25, -0.2) is 4.39 Å². The molecule has 0 aliphatic carbocycles. The molecule has 0 aliphatic rings. The second kappa shape index (κ2) is 6.97. The van der Waals surface area contributed by atoms with Crippen LogP contribution < -0.4 is 0 Å². The van der Waals surface area contributed by atoms with Gasteiger partial charge in [0, 0.05) is 5.56 Å². The lowest BCUT2D eigenvalue weighted by Crippen LogP contribution is -2.16. The smallest absolute Gasteiger partial charge is 0.318 e. The molecule has 1 aromatic heterocycles. The van der Waals surface area contributed by atoms with Crippen LogP contribution in [0.3, 0.4) is 0 Å². The van der Waals surface area contributed by atoms with Crippen molar-refractivity contribution in [1.82, 2.24) is 10.1 Å². The maximum absolute atomic E-state index is 13.2. The van der Waals surface area contributed by atoms with Crippen LogP contribution in [0.2, 0.25) is 0 Å². The van der Waals surface area contributed by atoms with Crippen LogP contribution in [-0.4, -0.2) is 22.7 Å². The molecule has 6 heteroatoms. The molecule has 0 radical (unpaired) electrons. The summed E-state index contributed by atoms with van der Waals surface area (Å²) in [7, 11) is 0. The highest BCUT2D eigenvalue weighted by Crippen LogP contribution is 2.24. The second-order valence-corrected chi connectivity index (χ2v) is 4.56. The number of carbonyl (C=O) groups excluding carboxylic acids is 1. The van der Waals surface area contributed by atoms with Gasteiger partial charge < -0.3 is 9.26 Å². The van der Waals surface area contributed by atoms with E-state index in [-0.39, 0.29) is 23.5 Å². The van der Waals surface area contributed by atoms with E-state index in [1.807, 2.05) is 6.92 Å². The van der Waals surface area contributed by atoms with Crippen LogP contribution in [0.25, 0.3) is 11.4 Å². The van der Waals surface area contributed by atoms with Gasteiger partial charge >= 0.3 is 5.97 Å². The van der Waals surface area contributed by atoms with Crippen LogP contribution in [0.1, 0.15) is 38.5 Å². The molecule has 0 fully saturated rings. The van der Waals surface area contributed by atoms with Crippen molar-refractivity contribution >= 4 is 5.97 Å². The maximum Gasteiger partial charge on any atom is 0.318 e. The first kappa shape index (κ1) is 15.2. The average Bonchev–Trinajstić information content (AvgIpc) is 2.94. The van der Waals surface area contributed by atoms with Gasteiger partial charge in [0.1, 0.15) is 11.7 Å². The van der Waals surface area contributed by atoms with E-state index in [9.17, 15) is 9.18 Å². The quantitative estimate of drug-likeness (QED) is 0.764. The van der Waals surface area contributed by atoms with Gasteiger partial charge in [-0.15, -0.1) is 0 Å². The van der Waals surface area contributed by atoms with E-state index < -0.39 is 5.92 Å².